The molecule has 154 valence electrons. The SMILES string of the molecule is Cc1ccc(C(=O)NC(=NCCN2CCOCC2)Nc2ccc(Cl)cc2C)cc1. The number of anilines is 1. The monoisotopic (exact) mass is 414 g/mol. The molecule has 29 heavy (non-hydrogen) atoms. The first-order valence-corrected chi connectivity index (χ1v) is 10.1. The molecule has 6 nitrogen and oxygen atoms in total. The van der Waals surface area contributed by atoms with E-state index in [0.717, 1.165) is 49.7 Å². The highest BCUT2D eigenvalue weighted by Crippen LogP contribution is 2.19. The summed E-state index contributed by atoms with van der Waals surface area (Å²) >= 11 is 6.06. The Morgan fingerprint density at radius 1 is 1.14 bits per heavy atom. The number of nitrogens with zero attached hydrogens (tertiary/aromatic N) is 2. The van der Waals surface area contributed by atoms with Gasteiger partial charge in [-0.3, -0.25) is 20.0 Å². The van der Waals surface area contributed by atoms with Crippen LogP contribution in [-0.2, 0) is 4.74 Å². The quantitative estimate of drug-likeness (QED) is 0.580. The van der Waals surface area contributed by atoms with Gasteiger partial charge in [-0.15, -0.1) is 0 Å². The van der Waals surface area contributed by atoms with E-state index in [0.29, 0.717) is 23.1 Å². The van der Waals surface area contributed by atoms with Gasteiger partial charge in [-0.05, 0) is 49.7 Å². The number of hydrogen-bond acceptors (Lipinski definition) is 4. The van der Waals surface area contributed by atoms with E-state index in [4.69, 9.17) is 16.3 Å². The Morgan fingerprint density at radius 3 is 2.55 bits per heavy atom. The summed E-state index contributed by atoms with van der Waals surface area (Å²) in [6, 6.07) is 13.0. The minimum Gasteiger partial charge on any atom is -0.379 e. The Kier molecular flexibility index (Phi) is 7.63. The Balaban J connectivity index is 1.71. The van der Waals surface area contributed by atoms with Gasteiger partial charge in [-0.25, -0.2) is 0 Å². The maximum absolute atomic E-state index is 12.7. The number of benzene rings is 2. The zero-order valence-corrected chi connectivity index (χ0v) is 17.6. The Labute approximate surface area is 176 Å². The molecule has 0 unspecified atom stereocenters. The number of carbonyl (C=O) groups excluding carboxylic acids is 1. The van der Waals surface area contributed by atoms with E-state index >= 15 is 0 Å². The smallest absolute Gasteiger partial charge is 0.257 e. The standard InChI is InChI=1S/C22H27ClN4O2/c1-16-3-5-18(6-4-16)21(28)26-22(24-9-10-27-11-13-29-14-12-27)25-20-8-7-19(23)15-17(20)2/h3-8,15H,9-14H2,1-2H3,(H2,24,25,26,28). The third-order valence-electron chi connectivity index (χ3n) is 4.78. The largest absolute Gasteiger partial charge is 0.379 e. The third kappa shape index (κ3) is 6.56. The number of halogens is 1. The number of aliphatic imine (C=N–C) groups is 1. The zero-order chi connectivity index (χ0) is 20.6. The lowest BCUT2D eigenvalue weighted by atomic mass is 10.1. The number of nitrogens with one attached hydrogen (secondary N) is 2. The summed E-state index contributed by atoms with van der Waals surface area (Å²) in [6.07, 6.45) is 0. The molecule has 0 bridgehead atoms. The van der Waals surface area contributed by atoms with E-state index in [2.05, 4.69) is 20.5 Å². The third-order valence-corrected chi connectivity index (χ3v) is 5.01. The van der Waals surface area contributed by atoms with E-state index in [1.165, 1.54) is 0 Å². The van der Waals surface area contributed by atoms with Gasteiger partial charge in [0.1, 0.15) is 0 Å². The van der Waals surface area contributed by atoms with Gasteiger partial charge in [0.15, 0.2) is 0 Å². The lowest BCUT2D eigenvalue weighted by Crippen LogP contribution is -2.39. The van der Waals surface area contributed by atoms with Crippen molar-refractivity contribution < 1.29 is 9.53 Å². The number of amides is 1. The molecule has 1 heterocycles. The molecule has 0 spiro atoms. The van der Waals surface area contributed by atoms with Crippen LogP contribution >= 0.6 is 11.6 Å². The molecular weight excluding hydrogens is 388 g/mol. The number of aryl methyl sites for hydroxylation is 2. The van der Waals surface area contributed by atoms with Crippen LogP contribution in [0, 0.1) is 13.8 Å². The molecule has 0 radical (unpaired) electrons. The molecule has 0 aromatic heterocycles. The van der Waals surface area contributed by atoms with Crippen LogP contribution in [-0.4, -0.2) is 56.2 Å². The molecule has 2 aromatic carbocycles. The molecule has 0 aliphatic carbocycles. The van der Waals surface area contributed by atoms with Crippen molar-refractivity contribution in [1.29, 1.82) is 0 Å². The molecular formula is C22H27ClN4O2. The fourth-order valence-corrected chi connectivity index (χ4v) is 3.24. The van der Waals surface area contributed by atoms with Gasteiger partial charge < -0.3 is 10.1 Å². The van der Waals surface area contributed by atoms with Crippen molar-refractivity contribution in [3.63, 3.8) is 0 Å². The molecule has 2 aromatic rings. The van der Waals surface area contributed by atoms with E-state index < -0.39 is 0 Å². The summed E-state index contributed by atoms with van der Waals surface area (Å²) in [7, 11) is 0. The van der Waals surface area contributed by atoms with Gasteiger partial charge in [0.25, 0.3) is 5.91 Å². The van der Waals surface area contributed by atoms with Gasteiger partial charge in [0.05, 0.1) is 19.8 Å². The number of ether oxygens (including phenoxy) is 1. The van der Waals surface area contributed by atoms with Crippen LogP contribution in [0.25, 0.3) is 0 Å². The lowest BCUT2D eigenvalue weighted by Gasteiger charge is -2.25. The fraction of sp³-hybridized carbons (Fsp3) is 0.364. The number of rotatable bonds is 5. The maximum Gasteiger partial charge on any atom is 0.257 e. The van der Waals surface area contributed by atoms with E-state index in [1.807, 2.05) is 56.3 Å². The minimum atomic E-state index is -0.200. The molecule has 0 atom stereocenters. The highest BCUT2D eigenvalue weighted by Gasteiger charge is 2.12. The van der Waals surface area contributed by atoms with Gasteiger partial charge in [0, 0.05) is 35.9 Å². The van der Waals surface area contributed by atoms with Crippen molar-refractivity contribution in [3.8, 4) is 0 Å². The highest BCUT2D eigenvalue weighted by atomic mass is 35.5. The van der Waals surface area contributed by atoms with Crippen molar-refractivity contribution in [2.45, 2.75) is 13.8 Å². The lowest BCUT2D eigenvalue weighted by molar-refractivity contribution is 0.0394. The van der Waals surface area contributed by atoms with Crippen LogP contribution < -0.4 is 10.6 Å². The molecule has 1 saturated heterocycles. The first-order chi connectivity index (χ1) is 14.0. The summed E-state index contributed by atoms with van der Waals surface area (Å²) in [5.74, 6) is 0.225. The Bertz CT molecular complexity index is 862. The predicted molar refractivity (Wildman–Crippen MR) is 118 cm³/mol. The predicted octanol–water partition coefficient (Wildman–Crippen LogP) is 3.49. The average molecular weight is 415 g/mol. The molecule has 1 fully saturated rings. The number of guanidine groups is 1. The highest BCUT2D eigenvalue weighted by molar-refractivity contribution is 6.30. The van der Waals surface area contributed by atoms with Crippen molar-refractivity contribution in [2.75, 3.05) is 44.7 Å². The Morgan fingerprint density at radius 2 is 1.86 bits per heavy atom. The van der Waals surface area contributed by atoms with Gasteiger partial charge in [0.2, 0.25) is 5.96 Å². The van der Waals surface area contributed by atoms with Gasteiger partial charge in [-0.1, -0.05) is 29.3 Å². The second-order valence-corrected chi connectivity index (χ2v) is 7.53. The summed E-state index contributed by atoms with van der Waals surface area (Å²) in [6.45, 7) is 8.66. The van der Waals surface area contributed by atoms with Gasteiger partial charge >= 0.3 is 0 Å². The summed E-state index contributed by atoms with van der Waals surface area (Å²) in [5, 5.41) is 6.81. The second kappa shape index (κ2) is 10.4. The first kappa shape index (κ1) is 21.3. The second-order valence-electron chi connectivity index (χ2n) is 7.09. The van der Waals surface area contributed by atoms with E-state index in [1.54, 1.807) is 0 Å². The van der Waals surface area contributed by atoms with Crippen LogP contribution in [0.5, 0.6) is 0 Å². The van der Waals surface area contributed by atoms with E-state index in [-0.39, 0.29) is 5.91 Å². The van der Waals surface area contributed by atoms with Crippen molar-refractivity contribution in [3.05, 3.63) is 64.2 Å². The zero-order valence-electron chi connectivity index (χ0n) is 16.9. The first-order valence-electron chi connectivity index (χ1n) is 9.77. The fourth-order valence-electron chi connectivity index (χ4n) is 3.02. The summed E-state index contributed by atoms with van der Waals surface area (Å²) in [4.78, 5) is 19.6. The van der Waals surface area contributed by atoms with Crippen LogP contribution in [0.1, 0.15) is 21.5 Å². The summed E-state index contributed by atoms with van der Waals surface area (Å²) < 4.78 is 5.38. The molecule has 7 heteroatoms. The Hall–Kier alpha value is -2.41. The maximum atomic E-state index is 12.7. The van der Waals surface area contributed by atoms with Crippen molar-refractivity contribution >= 4 is 29.2 Å². The van der Waals surface area contributed by atoms with E-state index in [9.17, 15) is 4.79 Å². The number of morpholine rings is 1. The molecule has 1 aliphatic heterocycles. The van der Waals surface area contributed by atoms with Crippen LogP contribution in [0.2, 0.25) is 5.02 Å². The van der Waals surface area contributed by atoms with Crippen molar-refractivity contribution in [1.82, 2.24) is 10.2 Å². The minimum absolute atomic E-state index is 0.200. The average Bonchev–Trinajstić information content (AvgIpc) is 2.71. The van der Waals surface area contributed by atoms with Crippen LogP contribution in [0.4, 0.5) is 5.69 Å². The summed E-state index contributed by atoms with van der Waals surface area (Å²) in [5.41, 5.74) is 3.52. The molecule has 1 amide bonds. The molecule has 1 aliphatic rings. The normalized spacial score (nSPS) is 15.2. The van der Waals surface area contributed by atoms with Crippen molar-refractivity contribution in [2.24, 2.45) is 4.99 Å². The topological polar surface area (TPSA) is 66.0 Å². The number of carbonyl (C=O) groups is 1. The molecule has 3 rings (SSSR count). The number of hydrogen-bond donors (Lipinski definition) is 2. The van der Waals surface area contributed by atoms with Crippen LogP contribution in [0.15, 0.2) is 47.5 Å². The molecule has 2 N–H and O–H groups in total. The van der Waals surface area contributed by atoms with Crippen LogP contribution in [0.3, 0.4) is 0 Å². The molecule has 0 saturated carbocycles. The van der Waals surface area contributed by atoms with Gasteiger partial charge in [-0.2, -0.15) is 0 Å².